The molecule has 116 valence electrons. The Kier molecular flexibility index (Phi) is 4.79. The Balaban J connectivity index is 1.84. The van der Waals surface area contributed by atoms with Crippen molar-refractivity contribution in [3.05, 3.63) is 87.8 Å². The van der Waals surface area contributed by atoms with Gasteiger partial charge in [0.25, 0.3) is 5.56 Å². The molecule has 5 heteroatoms. The molecule has 1 N–H and O–H groups in total. The van der Waals surface area contributed by atoms with Crippen molar-refractivity contribution >= 4 is 28.2 Å². The zero-order valence-electron chi connectivity index (χ0n) is 12.7. The summed E-state index contributed by atoms with van der Waals surface area (Å²) in [4.78, 5) is 12.7. The average Bonchev–Trinajstić information content (AvgIpc) is 2.89. The van der Waals surface area contributed by atoms with Crippen LogP contribution in [0.15, 0.2) is 65.5 Å². The molecule has 0 unspecified atom stereocenters. The first-order valence-electron chi connectivity index (χ1n) is 7.25. The molecule has 23 heavy (non-hydrogen) atoms. The quantitative estimate of drug-likeness (QED) is 0.727. The summed E-state index contributed by atoms with van der Waals surface area (Å²) >= 11 is 7.01. The number of para-hydroxylation sites is 1. The van der Waals surface area contributed by atoms with Gasteiger partial charge in [0.2, 0.25) is 0 Å². The van der Waals surface area contributed by atoms with Gasteiger partial charge < -0.3 is 0 Å². The van der Waals surface area contributed by atoms with Crippen molar-refractivity contribution in [3.8, 4) is 5.69 Å². The lowest BCUT2D eigenvalue weighted by molar-refractivity contribution is 0.835. The Hall–Kier alpha value is -2.11. The number of thiocarbonyl (C=S) groups is 1. The smallest absolute Gasteiger partial charge is 0.280 e. The number of H-pyrrole nitrogens is 1. The zero-order chi connectivity index (χ0) is 16.2. The Morgan fingerprint density at radius 1 is 1.09 bits per heavy atom. The van der Waals surface area contributed by atoms with Gasteiger partial charge in [-0.1, -0.05) is 60.7 Å². The molecule has 3 nitrogen and oxygen atoms in total. The minimum atomic E-state index is -0.0979. The Morgan fingerprint density at radius 3 is 2.35 bits per heavy atom. The van der Waals surface area contributed by atoms with Gasteiger partial charge in [-0.15, -0.1) is 11.8 Å². The van der Waals surface area contributed by atoms with Crippen molar-refractivity contribution < 1.29 is 0 Å². The van der Waals surface area contributed by atoms with Crippen LogP contribution in [0.3, 0.4) is 0 Å². The van der Waals surface area contributed by atoms with Gasteiger partial charge in [-0.3, -0.25) is 9.89 Å². The van der Waals surface area contributed by atoms with Crippen molar-refractivity contribution in [2.75, 3.05) is 0 Å². The molecule has 0 amide bonds. The van der Waals surface area contributed by atoms with Crippen molar-refractivity contribution in [3.63, 3.8) is 0 Å². The average molecular weight is 340 g/mol. The molecule has 3 aromatic rings. The molecule has 0 fully saturated rings. The molecule has 0 aliphatic heterocycles. The highest BCUT2D eigenvalue weighted by molar-refractivity contribution is 8.23. The maximum atomic E-state index is 12.7. The second kappa shape index (κ2) is 6.98. The molecule has 1 aromatic heterocycles. The second-order valence-corrected chi connectivity index (χ2v) is 6.80. The molecule has 2 aromatic carbocycles. The summed E-state index contributed by atoms with van der Waals surface area (Å²) < 4.78 is 2.17. The summed E-state index contributed by atoms with van der Waals surface area (Å²) in [5, 5.41) is 3.11. The third-order valence-electron chi connectivity index (χ3n) is 3.50. The van der Waals surface area contributed by atoms with Crippen molar-refractivity contribution in [2.45, 2.75) is 12.7 Å². The number of thioether (sulfide) groups is 1. The maximum absolute atomic E-state index is 12.7. The molecule has 0 aliphatic carbocycles. The molecule has 0 aliphatic rings. The number of rotatable bonds is 4. The highest BCUT2D eigenvalue weighted by atomic mass is 32.2. The van der Waals surface area contributed by atoms with Crippen molar-refractivity contribution in [1.82, 2.24) is 9.78 Å². The van der Waals surface area contributed by atoms with Crippen LogP contribution in [-0.2, 0) is 5.75 Å². The lowest BCUT2D eigenvalue weighted by Crippen LogP contribution is -2.19. The summed E-state index contributed by atoms with van der Waals surface area (Å²) in [5.74, 6) is 0.759. The van der Waals surface area contributed by atoms with Gasteiger partial charge in [-0.25, -0.2) is 4.68 Å². The van der Waals surface area contributed by atoms with Gasteiger partial charge in [0.1, 0.15) is 0 Å². The highest BCUT2D eigenvalue weighted by Crippen LogP contribution is 2.19. The minimum Gasteiger partial charge on any atom is -0.295 e. The van der Waals surface area contributed by atoms with Crippen LogP contribution in [0.1, 0.15) is 16.8 Å². The van der Waals surface area contributed by atoms with Crippen LogP contribution in [0.4, 0.5) is 0 Å². The Morgan fingerprint density at radius 2 is 1.70 bits per heavy atom. The summed E-state index contributed by atoms with van der Waals surface area (Å²) in [5.41, 5.74) is 3.28. The van der Waals surface area contributed by atoms with E-state index in [4.69, 9.17) is 12.2 Å². The van der Waals surface area contributed by atoms with Crippen LogP contribution in [0.5, 0.6) is 0 Å². The monoisotopic (exact) mass is 340 g/mol. The molecular weight excluding hydrogens is 324 g/mol. The number of aromatic nitrogens is 2. The van der Waals surface area contributed by atoms with Crippen LogP contribution < -0.4 is 5.56 Å². The van der Waals surface area contributed by atoms with Gasteiger partial charge in [0.15, 0.2) is 0 Å². The van der Waals surface area contributed by atoms with E-state index in [1.807, 2.05) is 55.5 Å². The number of nitrogens with zero attached hydrogens (tertiary/aromatic N) is 1. The van der Waals surface area contributed by atoms with E-state index in [2.05, 4.69) is 17.2 Å². The Labute approximate surface area is 144 Å². The van der Waals surface area contributed by atoms with E-state index in [1.165, 1.54) is 17.3 Å². The number of nitrogens with one attached hydrogen (secondary N) is 1. The van der Waals surface area contributed by atoms with E-state index in [1.54, 1.807) is 4.68 Å². The fraction of sp³-hybridized carbons (Fsp3) is 0.111. The van der Waals surface area contributed by atoms with E-state index < -0.39 is 0 Å². The summed E-state index contributed by atoms with van der Waals surface area (Å²) in [6, 6.07) is 19.6. The van der Waals surface area contributed by atoms with Crippen molar-refractivity contribution in [2.24, 2.45) is 0 Å². The van der Waals surface area contributed by atoms with E-state index in [-0.39, 0.29) is 5.56 Å². The highest BCUT2D eigenvalue weighted by Gasteiger charge is 2.16. The number of hydrogen-bond donors (Lipinski definition) is 1. The minimum absolute atomic E-state index is 0.0979. The summed E-state index contributed by atoms with van der Waals surface area (Å²) in [7, 11) is 0. The maximum Gasteiger partial charge on any atom is 0.280 e. The topological polar surface area (TPSA) is 37.8 Å². The molecule has 0 saturated carbocycles. The van der Waals surface area contributed by atoms with E-state index >= 15 is 0 Å². The van der Waals surface area contributed by atoms with Gasteiger partial charge in [0.05, 0.1) is 15.4 Å². The van der Waals surface area contributed by atoms with Crippen LogP contribution in [0.2, 0.25) is 0 Å². The first kappa shape index (κ1) is 15.8. The predicted octanol–water partition coefficient (Wildman–Crippen LogP) is 4.08. The van der Waals surface area contributed by atoms with E-state index in [9.17, 15) is 4.79 Å². The lowest BCUT2D eigenvalue weighted by Gasteiger charge is -2.02. The SMILES string of the molecule is Cc1[nH]n(-c2ccccc2)c(=O)c1C(=S)SCc1ccccc1. The standard InChI is InChI=1S/C18H16N2OS2/c1-13-16(18(22)23-12-14-8-4-2-5-9-14)17(21)20(19-13)15-10-6-3-7-11-15/h2-11,19H,12H2,1H3. The molecule has 0 radical (unpaired) electrons. The van der Waals surface area contributed by atoms with E-state index in [0.717, 1.165) is 17.1 Å². The van der Waals surface area contributed by atoms with Gasteiger partial charge in [-0.2, -0.15) is 0 Å². The Bertz CT molecular complexity index is 867. The molecule has 0 bridgehead atoms. The third kappa shape index (κ3) is 3.46. The molecule has 0 atom stereocenters. The van der Waals surface area contributed by atoms with Crippen molar-refractivity contribution in [1.29, 1.82) is 0 Å². The van der Waals surface area contributed by atoms with E-state index in [0.29, 0.717) is 9.76 Å². The normalized spacial score (nSPS) is 10.7. The van der Waals surface area contributed by atoms with Crippen LogP contribution >= 0.6 is 24.0 Å². The zero-order valence-corrected chi connectivity index (χ0v) is 14.3. The summed E-state index contributed by atoms with van der Waals surface area (Å²) in [6.07, 6.45) is 0. The number of aromatic amines is 1. The fourth-order valence-electron chi connectivity index (χ4n) is 2.34. The van der Waals surface area contributed by atoms with Crippen LogP contribution in [0.25, 0.3) is 5.69 Å². The number of hydrogen-bond acceptors (Lipinski definition) is 3. The van der Waals surface area contributed by atoms with Gasteiger partial charge in [0, 0.05) is 11.4 Å². The van der Waals surface area contributed by atoms with Crippen LogP contribution in [0, 0.1) is 6.92 Å². The lowest BCUT2D eigenvalue weighted by atomic mass is 10.2. The predicted molar refractivity (Wildman–Crippen MR) is 101 cm³/mol. The van der Waals surface area contributed by atoms with Gasteiger partial charge >= 0.3 is 0 Å². The fourth-order valence-corrected chi connectivity index (χ4v) is 3.63. The van der Waals surface area contributed by atoms with Gasteiger partial charge in [-0.05, 0) is 24.6 Å². The first-order chi connectivity index (χ1) is 11.2. The number of benzene rings is 2. The second-order valence-electron chi connectivity index (χ2n) is 5.15. The van der Waals surface area contributed by atoms with Crippen LogP contribution in [-0.4, -0.2) is 14.0 Å². The molecule has 3 rings (SSSR count). The molecule has 0 saturated heterocycles. The molecule has 0 spiro atoms. The first-order valence-corrected chi connectivity index (χ1v) is 8.64. The third-order valence-corrected chi connectivity index (χ3v) is 5.00. The summed E-state index contributed by atoms with van der Waals surface area (Å²) in [6.45, 7) is 1.88. The largest absolute Gasteiger partial charge is 0.295 e. The number of aryl methyl sites for hydroxylation is 1. The molecular formula is C18H16N2OS2. The molecule has 1 heterocycles.